The van der Waals surface area contributed by atoms with E-state index < -0.39 is 0 Å². The summed E-state index contributed by atoms with van der Waals surface area (Å²) in [6, 6.07) is 2.06. The Labute approximate surface area is 97.2 Å². The number of hydrogen-bond donors (Lipinski definition) is 1. The van der Waals surface area contributed by atoms with Gasteiger partial charge in [0.1, 0.15) is 6.33 Å². The molecular formula is C12H21N3O. The zero-order chi connectivity index (χ0) is 11.8. The second kappa shape index (κ2) is 7.17. The third-order valence-corrected chi connectivity index (χ3v) is 2.28. The molecule has 0 aliphatic heterocycles. The third kappa shape index (κ3) is 4.57. The molecule has 0 amide bonds. The van der Waals surface area contributed by atoms with Crippen molar-refractivity contribution in [2.45, 2.75) is 45.6 Å². The van der Waals surface area contributed by atoms with E-state index in [2.05, 4.69) is 23.8 Å². The zero-order valence-electron chi connectivity index (χ0n) is 10.1. The van der Waals surface area contributed by atoms with Gasteiger partial charge in [-0.1, -0.05) is 20.3 Å². The maximum absolute atomic E-state index is 5.97. The number of nitrogens with two attached hydrogens (primary N) is 1. The summed E-state index contributed by atoms with van der Waals surface area (Å²) in [4.78, 5) is 8.25. The van der Waals surface area contributed by atoms with Gasteiger partial charge >= 0.3 is 0 Å². The molecule has 0 radical (unpaired) electrons. The predicted molar refractivity (Wildman–Crippen MR) is 64.4 cm³/mol. The van der Waals surface area contributed by atoms with Gasteiger partial charge in [0.05, 0.1) is 6.61 Å². The van der Waals surface area contributed by atoms with Crippen LogP contribution in [0.2, 0.25) is 0 Å². The first-order chi connectivity index (χ1) is 7.76. The molecular weight excluding hydrogens is 202 g/mol. The third-order valence-electron chi connectivity index (χ3n) is 2.28. The van der Waals surface area contributed by atoms with Gasteiger partial charge in [-0.05, 0) is 12.8 Å². The highest BCUT2D eigenvalue weighted by molar-refractivity contribution is 5.14. The molecule has 1 unspecified atom stereocenters. The Hall–Kier alpha value is -1.16. The van der Waals surface area contributed by atoms with Gasteiger partial charge in [0.25, 0.3) is 0 Å². The Balaban J connectivity index is 2.52. The molecule has 0 aliphatic carbocycles. The summed E-state index contributed by atoms with van der Waals surface area (Å²) in [6.45, 7) is 4.90. The first kappa shape index (κ1) is 12.9. The van der Waals surface area contributed by atoms with E-state index in [0.717, 1.165) is 31.4 Å². The van der Waals surface area contributed by atoms with Crippen LogP contribution in [-0.2, 0) is 6.42 Å². The highest BCUT2D eigenvalue weighted by atomic mass is 16.5. The highest BCUT2D eigenvalue weighted by Crippen LogP contribution is 2.09. The molecule has 1 heterocycles. The summed E-state index contributed by atoms with van der Waals surface area (Å²) >= 11 is 0. The fraction of sp³-hybridized carbons (Fsp3) is 0.667. The van der Waals surface area contributed by atoms with Crippen LogP contribution >= 0.6 is 0 Å². The molecule has 0 saturated heterocycles. The molecule has 1 atom stereocenters. The summed E-state index contributed by atoms with van der Waals surface area (Å²) in [5.74, 6) is 0.649. The summed E-state index contributed by atoms with van der Waals surface area (Å²) in [5.41, 5.74) is 6.93. The molecule has 4 heteroatoms. The molecule has 4 nitrogen and oxygen atoms in total. The van der Waals surface area contributed by atoms with Gasteiger partial charge < -0.3 is 10.5 Å². The number of aromatic nitrogens is 2. The van der Waals surface area contributed by atoms with Gasteiger partial charge in [-0.3, -0.25) is 0 Å². The average Bonchev–Trinajstić information content (AvgIpc) is 2.27. The molecule has 0 bridgehead atoms. The Bertz CT molecular complexity index is 304. The Kier molecular flexibility index (Phi) is 5.78. The van der Waals surface area contributed by atoms with Gasteiger partial charge in [-0.25, -0.2) is 9.97 Å². The molecule has 1 aromatic heterocycles. The maximum Gasteiger partial charge on any atom is 0.216 e. The number of rotatable bonds is 7. The molecule has 0 aromatic carbocycles. The summed E-state index contributed by atoms with van der Waals surface area (Å²) in [6.07, 6.45) is 5.44. The quantitative estimate of drug-likeness (QED) is 0.767. The molecule has 16 heavy (non-hydrogen) atoms. The minimum absolute atomic E-state index is 0.180. The first-order valence-corrected chi connectivity index (χ1v) is 5.95. The van der Waals surface area contributed by atoms with Crippen molar-refractivity contribution >= 4 is 0 Å². The van der Waals surface area contributed by atoms with E-state index in [4.69, 9.17) is 10.5 Å². The summed E-state index contributed by atoms with van der Waals surface area (Å²) < 4.78 is 5.45. The van der Waals surface area contributed by atoms with Crippen LogP contribution in [0, 0.1) is 0 Å². The Morgan fingerprint density at radius 3 is 2.81 bits per heavy atom. The fourth-order valence-electron chi connectivity index (χ4n) is 1.52. The topological polar surface area (TPSA) is 61.0 Å². The van der Waals surface area contributed by atoms with Gasteiger partial charge in [0.2, 0.25) is 5.88 Å². The molecule has 90 valence electrons. The molecule has 0 saturated carbocycles. The molecule has 0 aliphatic rings. The van der Waals surface area contributed by atoms with Crippen molar-refractivity contribution < 1.29 is 4.74 Å². The van der Waals surface area contributed by atoms with Crippen LogP contribution in [-0.4, -0.2) is 22.6 Å². The molecule has 1 aromatic rings. The van der Waals surface area contributed by atoms with Crippen molar-refractivity contribution in [1.82, 2.24) is 9.97 Å². The van der Waals surface area contributed by atoms with E-state index in [0.29, 0.717) is 12.5 Å². The highest BCUT2D eigenvalue weighted by Gasteiger charge is 2.05. The van der Waals surface area contributed by atoms with Crippen LogP contribution in [0.25, 0.3) is 0 Å². The Morgan fingerprint density at radius 1 is 1.31 bits per heavy atom. The van der Waals surface area contributed by atoms with Gasteiger partial charge in [0.15, 0.2) is 0 Å². The average molecular weight is 223 g/mol. The zero-order valence-corrected chi connectivity index (χ0v) is 10.1. The van der Waals surface area contributed by atoms with E-state index in [1.165, 1.54) is 0 Å². The normalized spacial score (nSPS) is 12.4. The van der Waals surface area contributed by atoms with Crippen LogP contribution in [0.15, 0.2) is 12.4 Å². The van der Waals surface area contributed by atoms with Crippen molar-refractivity contribution in [3.63, 3.8) is 0 Å². The van der Waals surface area contributed by atoms with Crippen molar-refractivity contribution in [1.29, 1.82) is 0 Å². The minimum Gasteiger partial charge on any atom is -0.478 e. The van der Waals surface area contributed by atoms with Crippen molar-refractivity contribution in [2.75, 3.05) is 6.61 Å². The van der Waals surface area contributed by atoms with E-state index >= 15 is 0 Å². The lowest BCUT2D eigenvalue weighted by Crippen LogP contribution is -2.22. The van der Waals surface area contributed by atoms with Crippen molar-refractivity contribution in [2.24, 2.45) is 5.73 Å². The lowest BCUT2D eigenvalue weighted by atomic mass is 10.1. The Morgan fingerprint density at radius 2 is 2.12 bits per heavy atom. The van der Waals surface area contributed by atoms with E-state index in [1.807, 2.05) is 6.07 Å². The number of ether oxygens (including phenoxy) is 1. The first-order valence-electron chi connectivity index (χ1n) is 5.95. The smallest absolute Gasteiger partial charge is 0.216 e. The summed E-state index contributed by atoms with van der Waals surface area (Å²) in [5, 5.41) is 0. The molecule has 1 rings (SSSR count). The van der Waals surface area contributed by atoms with Crippen LogP contribution in [0.3, 0.4) is 0 Å². The van der Waals surface area contributed by atoms with Gasteiger partial charge in [0, 0.05) is 24.2 Å². The van der Waals surface area contributed by atoms with Crippen molar-refractivity contribution in [3.05, 3.63) is 18.1 Å². The maximum atomic E-state index is 5.97. The molecule has 0 fully saturated rings. The van der Waals surface area contributed by atoms with E-state index in [1.54, 1.807) is 6.33 Å². The number of nitrogens with zero attached hydrogens (tertiary/aromatic N) is 2. The van der Waals surface area contributed by atoms with Crippen molar-refractivity contribution in [3.8, 4) is 5.88 Å². The lowest BCUT2D eigenvalue weighted by Gasteiger charge is -2.10. The predicted octanol–water partition coefficient (Wildman–Crippen LogP) is 1.94. The number of hydrogen-bond acceptors (Lipinski definition) is 4. The monoisotopic (exact) mass is 223 g/mol. The lowest BCUT2D eigenvalue weighted by molar-refractivity contribution is 0.304. The second-order valence-electron chi connectivity index (χ2n) is 3.95. The van der Waals surface area contributed by atoms with Crippen LogP contribution in [0.4, 0.5) is 0 Å². The van der Waals surface area contributed by atoms with E-state index in [-0.39, 0.29) is 6.04 Å². The van der Waals surface area contributed by atoms with Crippen LogP contribution in [0.1, 0.15) is 38.8 Å². The second-order valence-corrected chi connectivity index (χ2v) is 3.95. The standard InChI is InChI=1S/C12H21N3O/c1-3-5-10(13)7-11-8-12(15-9-14-11)16-6-4-2/h8-10H,3-7,13H2,1-2H3. The van der Waals surface area contributed by atoms with Gasteiger partial charge in [-0.2, -0.15) is 0 Å². The SMILES string of the molecule is CCCOc1cc(CC(N)CCC)ncn1. The summed E-state index contributed by atoms with van der Waals surface area (Å²) in [7, 11) is 0. The molecule has 2 N–H and O–H groups in total. The minimum atomic E-state index is 0.180. The van der Waals surface area contributed by atoms with Crippen LogP contribution < -0.4 is 10.5 Å². The largest absolute Gasteiger partial charge is 0.478 e. The molecule has 0 spiro atoms. The fourth-order valence-corrected chi connectivity index (χ4v) is 1.52. The van der Waals surface area contributed by atoms with Crippen LogP contribution in [0.5, 0.6) is 5.88 Å². The van der Waals surface area contributed by atoms with E-state index in [9.17, 15) is 0 Å². The van der Waals surface area contributed by atoms with Gasteiger partial charge in [-0.15, -0.1) is 0 Å².